The minimum absolute atomic E-state index is 0.0274. The van der Waals surface area contributed by atoms with E-state index in [4.69, 9.17) is 11.6 Å². The summed E-state index contributed by atoms with van der Waals surface area (Å²) >= 11 is 5.39. The predicted octanol–water partition coefficient (Wildman–Crippen LogP) is 2.41. The van der Waals surface area contributed by atoms with Gasteiger partial charge in [-0.3, -0.25) is 0 Å². The Morgan fingerprint density at radius 3 is 2.60 bits per heavy atom. The SMILES string of the molecule is FC(F)C(F)(F)COc1cc(Cl)ncn1. The molecule has 1 aromatic rings. The van der Waals surface area contributed by atoms with Gasteiger partial charge < -0.3 is 4.74 Å². The van der Waals surface area contributed by atoms with Gasteiger partial charge in [0.1, 0.15) is 11.5 Å². The fourth-order valence-corrected chi connectivity index (χ4v) is 0.766. The summed E-state index contributed by atoms with van der Waals surface area (Å²) in [6.45, 7) is -1.46. The van der Waals surface area contributed by atoms with Crippen molar-refractivity contribution in [2.45, 2.75) is 12.3 Å². The summed E-state index contributed by atoms with van der Waals surface area (Å²) in [6, 6.07) is 1.04. The van der Waals surface area contributed by atoms with Crippen molar-refractivity contribution in [1.82, 2.24) is 9.97 Å². The van der Waals surface area contributed by atoms with Crippen LogP contribution in [-0.2, 0) is 0 Å². The van der Waals surface area contributed by atoms with Crippen LogP contribution >= 0.6 is 11.6 Å². The first-order valence-electron chi connectivity index (χ1n) is 3.68. The van der Waals surface area contributed by atoms with Crippen LogP contribution in [0.15, 0.2) is 12.4 Å². The lowest BCUT2D eigenvalue weighted by Gasteiger charge is -2.15. The average molecular weight is 245 g/mol. The number of ether oxygens (including phenoxy) is 1. The maximum absolute atomic E-state index is 12.4. The number of alkyl halides is 4. The van der Waals surface area contributed by atoms with Crippen LogP contribution in [0.4, 0.5) is 17.6 Å². The van der Waals surface area contributed by atoms with Gasteiger partial charge in [0, 0.05) is 6.07 Å². The molecule has 0 amide bonds. The fourth-order valence-electron chi connectivity index (χ4n) is 0.629. The normalized spacial score (nSPS) is 11.9. The molecule has 15 heavy (non-hydrogen) atoms. The van der Waals surface area contributed by atoms with Crippen LogP contribution < -0.4 is 4.74 Å². The van der Waals surface area contributed by atoms with Gasteiger partial charge in [0.2, 0.25) is 5.88 Å². The number of nitrogens with zero attached hydrogens (tertiary/aromatic N) is 2. The van der Waals surface area contributed by atoms with Crippen LogP contribution in [0.25, 0.3) is 0 Å². The molecule has 84 valence electrons. The molecular weight excluding hydrogens is 240 g/mol. The van der Waals surface area contributed by atoms with E-state index in [9.17, 15) is 17.6 Å². The molecule has 0 radical (unpaired) electrons. The van der Waals surface area contributed by atoms with Crippen molar-refractivity contribution in [3.8, 4) is 5.88 Å². The Morgan fingerprint density at radius 1 is 1.40 bits per heavy atom. The zero-order valence-electron chi connectivity index (χ0n) is 7.13. The van der Waals surface area contributed by atoms with Crippen molar-refractivity contribution in [3.63, 3.8) is 0 Å². The van der Waals surface area contributed by atoms with Crippen molar-refractivity contribution in [3.05, 3.63) is 17.5 Å². The van der Waals surface area contributed by atoms with Crippen LogP contribution in [0.5, 0.6) is 5.88 Å². The molecule has 0 unspecified atom stereocenters. The second-order valence-corrected chi connectivity index (χ2v) is 2.92. The molecule has 0 aliphatic carbocycles. The van der Waals surface area contributed by atoms with E-state index >= 15 is 0 Å². The molecule has 0 N–H and O–H groups in total. The zero-order chi connectivity index (χ0) is 11.5. The van der Waals surface area contributed by atoms with Crippen molar-refractivity contribution < 1.29 is 22.3 Å². The van der Waals surface area contributed by atoms with Gasteiger partial charge in [0.05, 0.1) is 0 Å². The molecule has 0 saturated carbocycles. The van der Waals surface area contributed by atoms with E-state index in [0.29, 0.717) is 0 Å². The third-order valence-corrected chi connectivity index (χ3v) is 1.55. The van der Waals surface area contributed by atoms with Gasteiger partial charge in [-0.25, -0.2) is 18.7 Å². The molecule has 0 atom stereocenters. The highest BCUT2D eigenvalue weighted by Gasteiger charge is 2.41. The lowest BCUT2D eigenvalue weighted by atomic mass is 10.4. The first kappa shape index (κ1) is 12.0. The third kappa shape index (κ3) is 3.50. The summed E-state index contributed by atoms with van der Waals surface area (Å²) in [7, 11) is 0. The van der Waals surface area contributed by atoms with Gasteiger partial charge in [-0.15, -0.1) is 0 Å². The fraction of sp³-hybridized carbons (Fsp3) is 0.429. The highest BCUT2D eigenvalue weighted by molar-refractivity contribution is 6.29. The summed E-state index contributed by atoms with van der Waals surface area (Å²) in [5.41, 5.74) is 0. The molecule has 0 aromatic carbocycles. The smallest absolute Gasteiger partial charge is 0.340 e. The summed E-state index contributed by atoms with van der Waals surface area (Å²) < 4.78 is 52.5. The molecule has 8 heteroatoms. The van der Waals surface area contributed by atoms with Gasteiger partial charge in [-0.2, -0.15) is 8.78 Å². The van der Waals surface area contributed by atoms with E-state index in [2.05, 4.69) is 14.7 Å². The lowest BCUT2D eigenvalue weighted by Crippen LogP contribution is -2.33. The largest absolute Gasteiger partial charge is 0.471 e. The minimum Gasteiger partial charge on any atom is -0.471 e. The first-order chi connectivity index (χ1) is 6.92. The van der Waals surface area contributed by atoms with Gasteiger partial charge in [-0.05, 0) is 0 Å². The van der Waals surface area contributed by atoms with E-state index < -0.39 is 19.0 Å². The second kappa shape index (κ2) is 4.61. The molecule has 1 aromatic heterocycles. The van der Waals surface area contributed by atoms with E-state index in [1.165, 1.54) is 0 Å². The molecule has 0 saturated heterocycles. The molecule has 3 nitrogen and oxygen atoms in total. The topological polar surface area (TPSA) is 35.0 Å². The third-order valence-electron chi connectivity index (χ3n) is 1.34. The number of hydrogen-bond donors (Lipinski definition) is 0. The molecule has 1 rings (SSSR count). The molecule has 0 fully saturated rings. The van der Waals surface area contributed by atoms with Gasteiger partial charge >= 0.3 is 12.3 Å². The number of rotatable bonds is 4. The van der Waals surface area contributed by atoms with E-state index in [0.717, 1.165) is 12.4 Å². The quantitative estimate of drug-likeness (QED) is 0.603. The Hall–Kier alpha value is -1.11. The number of aromatic nitrogens is 2. The first-order valence-corrected chi connectivity index (χ1v) is 4.06. The molecule has 0 aliphatic heterocycles. The number of halogens is 5. The summed E-state index contributed by atoms with van der Waals surface area (Å²) in [5, 5.41) is -0.0274. The monoisotopic (exact) mass is 244 g/mol. The highest BCUT2D eigenvalue weighted by atomic mass is 35.5. The maximum atomic E-state index is 12.4. The van der Waals surface area contributed by atoms with Gasteiger partial charge in [-0.1, -0.05) is 11.6 Å². The van der Waals surface area contributed by atoms with Crippen molar-refractivity contribution in [1.29, 1.82) is 0 Å². The molecule has 0 aliphatic rings. The Balaban J connectivity index is 2.57. The van der Waals surface area contributed by atoms with E-state index in [1.54, 1.807) is 0 Å². The number of hydrogen-bond acceptors (Lipinski definition) is 3. The Labute approximate surface area is 87.0 Å². The highest BCUT2D eigenvalue weighted by Crippen LogP contribution is 2.23. The Morgan fingerprint density at radius 2 is 2.07 bits per heavy atom. The Bertz CT molecular complexity index is 337. The molecule has 0 bridgehead atoms. The van der Waals surface area contributed by atoms with Crippen molar-refractivity contribution in [2.24, 2.45) is 0 Å². The van der Waals surface area contributed by atoms with Crippen LogP contribution in [-0.4, -0.2) is 28.9 Å². The summed E-state index contributed by atoms with van der Waals surface area (Å²) in [6.07, 6.45) is -2.81. The van der Waals surface area contributed by atoms with E-state index in [-0.39, 0.29) is 11.0 Å². The molecule has 0 spiro atoms. The lowest BCUT2D eigenvalue weighted by molar-refractivity contribution is -0.148. The average Bonchev–Trinajstić information content (AvgIpc) is 2.15. The van der Waals surface area contributed by atoms with E-state index in [1.807, 2.05) is 0 Å². The Kier molecular flexibility index (Phi) is 3.67. The maximum Gasteiger partial charge on any atom is 0.340 e. The van der Waals surface area contributed by atoms with Crippen LogP contribution in [0.3, 0.4) is 0 Å². The standard InChI is InChI=1S/C7H5ClF4N2O/c8-4-1-5(14-3-13-4)15-2-7(11,12)6(9)10/h1,3,6H,2H2. The predicted molar refractivity (Wildman–Crippen MR) is 43.5 cm³/mol. The summed E-state index contributed by atoms with van der Waals surface area (Å²) in [4.78, 5) is 6.86. The second-order valence-electron chi connectivity index (χ2n) is 2.53. The zero-order valence-corrected chi connectivity index (χ0v) is 7.89. The van der Waals surface area contributed by atoms with Crippen LogP contribution in [0.1, 0.15) is 0 Å². The van der Waals surface area contributed by atoms with Crippen molar-refractivity contribution >= 4 is 11.6 Å². The van der Waals surface area contributed by atoms with Gasteiger partial charge in [0.15, 0.2) is 6.61 Å². The molecule has 1 heterocycles. The van der Waals surface area contributed by atoms with Crippen molar-refractivity contribution in [2.75, 3.05) is 6.61 Å². The van der Waals surface area contributed by atoms with Gasteiger partial charge in [0.25, 0.3) is 0 Å². The molecular formula is C7H5ClF4N2O. The van der Waals surface area contributed by atoms with Crippen LogP contribution in [0, 0.1) is 0 Å². The van der Waals surface area contributed by atoms with Crippen LogP contribution in [0.2, 0.25) is 5.15 Å². The summed E-state index contributed by atoms with van der Waals surface area (Å²) in [5.74, 6) is -4.49. The minimum atomic E-state index is -4.21.